The van der Waals surface area contributed by atoms with Crippen LogP contribution in [0.4, 0.5) is 0 Å². The van der Waals surface area contributed by atoms with Gasteiger partial charge < -0.3 is 14.2 Å². The molecule has 1 aliphatic heterocycles. The highest BCUT2D eigenvalue weighted by atomic mass is 16.5. The van der Waals surface area contributed by atoms with Crippen LogP contribution in [0, 0.1) is 0 Å². The van der Waals surface area contributed by atoms with Gasteiger partial charge in [-0.25, -0.2) is 0 Å². The van der Waals surface area contributed by atoms with Crippen molar-refractivity contribution in [2.75, 3.05) is 19.7 Å². The van der Waals surface area contributed by atoms with Crippen LogP contribution in [0.1, 0.15) is 41.4 Å². The average Bonchev–Trinajstić information content (AvgIpc) is 3.15. The minimum Gasteiger partial charge on any atom is -0.374 e. The summed E-state index contributed by atoms with van der Waals surface area (Å²) in [5.41, 5.74) is 0.409. The molecule has 1 atom stereocenters. The van der Waals surface area contributed by atoms with Crippen LogP contribution in [0.2, 0.25) is 0 Å². The number of hydrogen-bond acceptors (Lipinski definition) is 5. The van der Waals surface area contributed by atoms with E-state index in [-0.39, 0.29) is 12.0 Å². The van der Waals surface area contributed by atoms with Gasteiger partial charge in [-0.05, 0) is 25.3 Å². The van der Waals surface area contributed by atoms with E-state index in [2.05, 4.69) is 10.3 Å². The SMILES string of the molecule is O=C(c1cc(C2CC2)on1)N1CCCO[C@@H](Cn2cccn2)C1. The van der Waals surface area contributed by atoms with E-state index in [0.717, 1.165) is 25.0 Å². The molecule has 2 aromatic rings. The van der Waals surface area contributed by atoms with Gasteiger partial charge in [0.25, 0.3) is 5.91 Å². The molecule has 7 heteroatoms. The fourth-order valence-electron chi connectivity index (χ4n) is 2.92. The van der Waals surface area contributed by atoms with Crippen LogP contribution < -0.4 is 0 Å². The molecule has 1 saturated heterocycles. The summed E-state index contributed by atoms with van der Waals surface area (Å²) in [4.78, 5) is 14.5. The standard InChI is InChI=1S/C16H20N4O3/c21-16(14-9-15(23-18-14)12-3-4-12)19-6-2-8-22-13(10-19)11-20-7-1-5-17-20/h1,5,7,9,12-13H,2-4,6,8,10-11H2/t13-/m1/s1. The fraction of sp³-hybridized carbons (Fsp3) is 0.562. The van der Waals surface area contributed by atoms with Gasteiger partial charge in [-0.15, -0.1) is 0 Å². The minimum atomic E-state index is -0.0726. The molecule has 2 aromatic heterocycles. The molecular weight excluding hydrogens is 296 g/mol. The van der Waals surface area contributed by atoms with Crippen molar-refractivity contribution >= 4 is 5.91 Å². The van der Waals surface area contributed by atoms with Gasteiger partial charge in [-0.2, -0.15) is 5.10 Å². The zero-order valence-corrected chi connectivity index (χ0v) is 12.9. The Morgan fingerprint density at radius 3 is 3.09 bits per heavy atom. The van der Waals surface area contributed by atoms with Gasteiger partial charge in [0.2, 0.25) is 0 Å². The van der Waals surface area contributed by atoms with Crippen molar-refractivity contribution in [3.8, 4) is 0 Å². The third-order valence-electron chi connectivity index (χ3n) is 4.31. The van der Waals surface area contributed by atoms with Crippen molar-refractivity contribution in [3.63, 3.8) is 0 Å². The molecule has 122 valence electrons. The first kappa shape index (κ1) is 14.4. The van der Waals surface area contributed by atoms with E-state index in [1.807, 2.05) is 21.8 Å². The van der Waals surface area contributed by atoms with Crippen molar-refractivity contribution in [1.29, 1.82) is 0 Å². The second-order valence-electron chi connectivity index (χ2n) is 6.21. The van der Waals surface area contributed by atoms with Crippen LogP contribution in [0.15, 0.2) is 29.0 Å². The lowest BCUT2D eigenvalue weighted by Gasteiger charge is -2.23. The van der Waals surface area contributed by atoms with Crippen molar-refractivity contribution < 1.29 is 14.1 Å². The average molecular weight is 316 g/mol. The van der Waals surface area contributed by atoms with Crippen LogP contribution >= 0.6 is 0 Å². The van der Waals surface area contributed by atoms with E-state index in [9.17, 15) is 4.79 Å². The molecule has 7 nitrogen and oxygen atoms in total. The zero-order valence-electron chi connectivity index (χ0n) is 12.9. The molecule has 2 fully saturated rings. The normalized spacial score (nSPS) is 22.1. The van der Waals surface area contributed by atoms with E-state index < -0.39 is 0 Å². The summed E-state index contributed by atoms with van der Waals surface area (Å²) < 4.78 is 13.0. The Morgan fingerprint density at radius 1 is 1.39 bits per heavy atom. The monoisotopic (exact) mass is 316 g/mol. The quantitative estimate of drug-likeness (QED) is 0.858. The van der Waals surface area contributed by atoms with Gasteiger partial charge >= 0.3 is 0 Å². The van der Waals surface area contributed by atoms with Crippen molar-refractivity contribution in [1.82, 2.24) is 19.8 Å². The van der Waals surface area contributed by atoms with Crippen LogP contribution in [-0.4, -0.2) is 51.5 Å². The first-order chi connectivity index (χ1) is 11.3. The Balaban J connectivity index is 1.44. The second kappa shape index (κ2) is 6.16. The van der Waals surface area contributed by atoms with Gasteiger partial charge in [0, 0.05) is 44.1 Å². The van der Waals surface area contributed by atoms with Crippen LogP contribution in [0.5, 0.6) is 0 Å². The summed E-state index contributed by atoms with van der Waals surface area (Å²) in [5, 5.41) is 8.16. The first-order valence-electron chi connectivity index (χ1n) is 8.14. The number of amides is 1. The highest BCUT2D eigenvalue weighted by molar-refractivity contribution is 5.92. The van der Waals surface area contributed by atoms with E-state index in [1.54, 1.807) is 12.3 Å². The van der Waals surface area contributed by atoms with Crippen LogP contribution in [-0.2, 0) is 11.3 Å². The molecule has 1 amide bonds. The topological polar surface area (TPSA) is 73.4 Å². The number of carbonyl (C=O) groups is 1. The number of nitrogens with zero attached hydrogens (tertiary/aromatic N) is 4. The van der Waals surface area contributed by atoms with Crippen LogP contribution in [0.25, 0.3) is 0 Å². The predicted octanol–water partition coefficient (Wildman–Crippen LogP) is 1.68. The van der Waals surface area contributed by atoms with E-state index in [0.29, 0.717) is 37.9 Å². The van der Waals surface area contributed by atoms with E-state index >= 15 is 0 Å². The molecule has 0 aromatic carbocycles. The largest absolute Gasteiger partial charge is 0.374 e. The maximum atomic E-state index is 12.7. The van der Waals surface area contributed by atoms with Gasteiger partial charge in [-0.3, -0.25) is 9.48 Å². The summed E-state index contributed by atoms with van der Waals surface area (Å²) in [7, 11) is 0. The van der Waals surface area contributed by atoms with Crippen molar-refractivity contribution in [2.24, 2.45) is 0 Å². The number of rotatable bonds is 4. The predicted molar refractivity (Wildman–Crippen MR) is 81.0 cm³/mol. The molecule has 0 spiro atoms. The van der Waals surface area contributed by atoms with Gasteiger partial charge in [0.1, 0.15) is 5.76 Å². The van der Waals surface area contributed by atoms with Crippen molar-refractivity contribution in [2.45, 2.75) is 37.8 Å². The molecule has 0 bridgehead atoms. The molecule has 4 rings (SSSR count). The third-order valence-corrected chi connectivity index (χ3v) is 4.31. The summed E-state index contributed by atoms with van der Waals surface area (Å²) in [6.45, 7) is 2.52. The highest BCUT2D eigenvalue weighted by Crippen LogP contribution is 2.40. The molecule has 0 N–H and O–H groups in total. The summed E-state index contributed by atoms with van der Waals surface area (Å²) >= 11 is 0. The Labute approximate surface area is 134 Å². The number of hydrogen-bond donors (Lipinski definition) is 0. The van der Waals surface area contributed by atoms with E-state index in [4.69, 9.17) is 9.26 Å². The Kier molecular flexibility index (Phi) is 3.87. The van der Waals surface area contributed by atoms with Crippen LogP contribution in [0.3, 0.4) is 0 Å². The number of carbonyl (C=O) groups excluding carboxylic acids is 1. The molecule has 0 radical (unpaired) electrons. The Hall–Kier alpha value is -2.15. The lowest BCUT2D eigenvalue weighted by atomic mass is 10.2. The number of ether oxygens (including phenoxy) is 1. The van der Waals surface area contributed by atoms with Crippen molar-refractivity contribution in [3.05, 3.63) is 36.0 Å². The molecule has 23 heavy (non-hydrogen) atoms. The zero-order chi connectivity index (χ0) is 15.6. The maximum absolute atomic E-state index is 12.7. The molecule has 3 heterocycles. The molecule has 1 saturated carbocycles. The summed E-state index contributed by atoms with van der Waals surface area (Å²) in [5.74, 6) is 1.23. The lowest BCUT2D eigenvalue weighted by Crippen LogP contribution is -2.38. The number of aromatic nitrogens is 3. The van der Waals surface area contributed by atoms with Gasteiger partial charge in [0.15, 0.2) is 5.69 Å². The highest BCUT2D eigenvalue weighted by Gasteiger charge is 2.31. The first-order valence-corrected chi connectivity index (χ1v) is 8.14. The fourth-order valence-corrected chi connectivity index (χ4v) is 2.92. The lowest BCUT2D eigenvalue weighted by molar-refractivity contribution is 0.0364. The van der Waals surface area contributed by atoms with Gasteiger partial charge in [-0.1, -0.05) is 5.16 Å². The smallest absolute Gasteiger partial charge is 0.276 e. The third kappa shape index (κ3) is 3.29. The Morgan fingerprint density at radius 2 is 2.30 bits per heavy atom. The molecule has 0 unspecified atom stereocenters. The molecule has 1 aliphatic carbocycles. The second-order valence-corrected chi connectivity index (χ2v) is 6.21. The molecule has 2 aliphatic rings. The van der Waals surface area contributed by atoms with Gasteiger partial charge in [0.05, 0.1) is 12.6 Å². The Bertz CT molecular complexity index is 663. The summed E-state index contributed by atoms with van der Waals surface area (Å²) in [6, 6.07) is 3.68. The maximum Gasteiger partial charge on any atom is 0.276 e. The van der Waals surface area contributed by atoms with E-state index in [1.165, 1.54) is 0 Å². The summed E-state index contributed by atoms with van der Waals surface area (Å²) in [6.07, 6.45) is 6.68. The molecular formula is C16H20N4O3. The minimum absolute atomic E-state index is 0.0591.